The van der Waals surface area contributed by atoms with Crippen LogP contribution in [0.15, 0.2) is 45.9 Å². The number of alkyl halides is 2. The summed E-state index contributed by atoms with van der Waals surface area (Å²) in [6.45, 7) is 5.90. The van der Waals surface area contributed by atoms with Crippen LogP contribution in [-0.4, -0.2) is 28.2 Å². The zero-order chi connectivity index (χ0) is 22.7. The Bertz CT molecular complexity index is 1280. The maximum absolute atomic E-state index is 13.2. The molecule has 0 saturated heterocycles. The minimum absolute atomic E-state index is 0.0565. The van der Waals surface area contributed by atoms with Crippen LogP contribution in [0.5, 0.6) is 11.5 Å². The standard InChI is InChI=1S/C22H18F2N4O4/c1-21(2,3)20-27-18(28-32-20)11-5-4-6-12(7-11)19(29)26-17-9-13-8-15-16(10-14(13)25-17)31-22(23,24)30-15/h4-8,10H,9H2,1-3H3,(H,25,26,29). The lowest BCUT2D eigenvalue weighted by Crippen LogP contribution is -2.30. The molecule has 2 aliphatic rings. The van der Waals surface area contributed by atoms with Gasteiger partial charge in [-0.2, -0.15) is 4.98 Å². The zero-order valence-corrected chi connectivity index (χ0v) is 17.4. The zero-order valence-electron chi connectivity index (χ0n) is 17.4. The summed E-state index contributed by atoms with van der Waals surface area (Å²) in [5, 5.41) is 6.76. The van der Waals surface area contributed by atoms with Crippen molar-refractivity contribution in [1.82, 2.24) is 15.5 Å². The fourth-order valence-corrected chi connectivity index (χ4v) is 3.36. The molecular weight excluding hydrogens is 422 g/mol. The number of carbonyl (C=O) groups excluding carboxylic acids is 1. The highest BCUT2D eigenvalue weighted by molar-refractivity contribution is 6.09. The van der Waals surface area contributed by atoms with Gasteiger partial charge in [0.05, 0.1) is 5.69 Å². The molecule has 0 spiro atoms. The molecule has 3 heterocycles. The van der Waals surface area contributed by atoms with Crippen LogP contribution in [-0.2, 0) is 11.8 Å². The Kier molecular flexibility index (Phi) is 4.30. The average molecular weight is 440 g/mol. The third-order valence-corrected chi connectivity index (χ3v) is 4.92. The molecule has 10 heteroatoms. The minimum atomic E-state index is -3.68. The van der Waals surface area contributed by atoms with Crippen LogP contribution < -0.4 is 14.8 Å². The molecule has 1 amide bonds. The number of amidine groups is 1. The molecule has 0 unspecified atom stereocenters. The van der Waals surface area contributed by atoms with Crippen molar-refractivity contribution in [3.63, 3.8) is 0 Å². The number of carbonyl (C=O) groups is 1. The van der Waals surface area contributed by atoms with Gasteiger partial charge < -0.3 is 19.3 Å². The predicted octanol–water partition coefficient (Wildman–Crippen LogP) is 4.37. The Morgan fingerprint density at radius 1 is 1.12 bits per heavy atom. The van der Waals surface area contributed by atoms with E-state index in [0.717, 1.165) is 0 Å². The molecule has 0 aliphatic carbocycles. The molecule has 1 aromatic heterocycles. The monoisotopic (exact) mass is 440 g/mol. The van der Waals surface area contributed by atoms with Gasteiger partial charge in [-0.05, 0) is 23.8 Å². The molecule has 164 valence electrons. The Hall–Kier alpha value is -3.82. The number of fused-ring (bicyclic) bond motifs is 2. The van der Waals surface area contributed by atoms with Crippen LogP contribution in [0, 0.1) is 0 Å². The number of aromatic nitrogens is 2. The highest BCUT2D eigenvalue weighted by atomic mass is 19.3. The van der Waals surface area contributed by atoms with Crippen LogP contribution >= 0.6 is 0 Å². The van der Waals surface area contributed by atoms with E-state index in [4.69, 9.17) is 4.52 Å². The summed E-state index contributed by atoms with van der Waals surface area (Å²) in [4.78, 5) is 21.5. The largest absolute Gasteiger partial charge is 0.586 e. The van der Waals surface area contributed by atoms with Crippen LogP contribution in [0.4, 0.5) is 14.5 Å². The highest BCUT2D eigenvalue weighted by Crippen LogP contribution is 2.45. The number of hydrogen-bond acceptors (Lipinski definition) is 7. The molecular formula is C22H18F2N4O4. The van der Waals surface area contributed by atoms with Gasteiger partial charge in [0, 0.05) is 29.0 Å². The maximum atomic E-state index is 13.2. The van der Waals surface area contributed by atoms with Crippen LogP contribution in [0.1, 0.15) is 42.6 Å². The summed E-state index contributed by atoms with van der Waals surface area (Å²) >= 11 is 0. The predicted molar refractivity (Wildman–Crippen MR) is 109 cm³/mol. The summed E-state index contributed by atoms with van der Waals surface area (Å²) in [6, 6.07) is 9.64. The number of halogens is 2. The van der Waals surface area contributed by atoms with Gasteiger partial charge in [0.2, 0.25) is 11.7 Å². The molecule has 2 aliphatic heterocycles. The fraction of sp³-hybridized carbons (Fsp3) is 0.273. The lowest BCUT2D eigenvalue weighted by Gasteiger charge is -2.10. The Morgan fingerprint density at radius 3 is 2.59 bits per heavy atom. The number of rotatable bonds is 2. The highest BCUT2D eigenvalue weighted by Gasteiger charge is 2.44. The number of nitrogens with zero attached hydrogens (tertiary/aromatic N) is 3. The second-order valence-electron chi connectivity index (χ2n) is 8.54. The molecule has 0 atom stereocenters. The number of hydrogen-bond donors (Lipinski definition) is 1. The van der Waals surface area contributed by atoms with Gasteiger partial charge in [-0.15, -0.1) is 8.78 Å². The molecule has 1 N–H and O–H groups in total. The van der Waals surface area contributed by atoms with Crippen molar-refractivity contribution in [3.05, 3.63) is 53.4 Å². The first-order valence-corrected chi connectivity index (χ1v) is 9.84. The van der Waals surface area contributed by atoms with Gasteiger partial charge >= 0.3 is 6.29 Å². The van der Waals surface area contributed by atoms with E-state index >= 15 is 0 Å². The van der Waals surface area contributed by atoms with Crippen molar-refractivity contribution in [2.75, 3.05) is 0 Å². The molecule has 0 fully saturated rings. The number of nitrogens with one attached hydrogen (secondary N) is 1. The second-order valence-corrected chi connectivity index (χ2v) is 8.54. The summed E-state index contributed by atoms with van der Waals surface area (Å²) in [7, 11) is 0. The number of benzene rings is 2. The van der Waals surface area contributed by atoms with Crippen molar-refractivity contribution < 1.29 is 27.6 Å². The molecule has 8 nitrogen and oxygen atoms in total. The normalized spacial score (nSPS) is 16.0. The first kappa shape index (κ1) is 20.1. The third kappa shape index (κ3) is 3.68. The van der Waals surface area contributed by atoms with Gasteiger partial charge in [0.1, 0.15) is 5.84 Å². The summed E-state index contributed by atoms with van der Waals surface area (Å²) < 4.78 is 40.7. The van der Waals surface area contributed by atoms with Gasteiger partial charge in [0.25, 0.3) is 5.91 Å². The van der Waals surface area contributed by atoms with E-state index in [9.17, 15) is 13.6 Å². The number of amides is 1. The first-order chi connectivity index (χ1) is 15.1. The van der Waals surface area contributed by atoms with Crippen LogP contribution in [0.2, 0.25) is 0 Å². The van der Waals surface area contributed by atoms with Gasteiger partial charge in [0.15, 0.2) is 11.5 Å². The van der Waals surface area contributed by atoms with Crippen molar-refractivity contribution in [1.29, 1.82) is 0 Å². The Balaban J connectivity index is 1.32. The Morgan fingerprint density at radius 2 is 1.88 bits per heavy atom. The average Bonchev–Trinajstić information content (AvgIpc) is 3.40. The lowest BCUT2D eigenvalue weighted by atomic mass is 9.97. The topological polar surface area (TPSA) is 98.8 Å². The van der Waals surface area contributed by atoms with E-state index in [-0.39, 0.29) is 29.2 Å². The van der Waals surface area contributed by atoms with E-state index < -0.39 is 6.29 Å². The fourth-order valence-electron chi connectivity index (χ4n) is 3.36. The summed E-state index contributed by atoms with van der Waals surface area (Å²) in [5.74, 6) is 0.760. The minimum Gasteiger partial charge on any atom is -0.395 e. The lowest BCUT2D eigenvalue weighted by molar-refractivity contribution is -0.286. The van der Waals surface area contributed by atoms with E-state index in [1.54, 1.807) is 24.3 Å². The number of ether oxygens (including phenoxy) is 2. The summed E-state index contributed by atoms with van der Waals surface area (Å²) in [6.07, 6.45) is -3.42. The molecule has 3 aromatic rings. The van der Waals surface area contributed by atoms with Crippen molar-refractivity contribution in [3.8, 4) is 22.9 Å². The van der Waals surface area contributed by atoms with Crippen LogP contribution in [0.25, 0.3) is 11.4 Å². The molecule has 5 rings (SSSR count). The Labute approximate surface area is 181 Å². The SMILES string of the molecule is CC(C)(C)c1nc(-c2cccc(C(=O)NC3=Nc4cc5c(cc4C3)OC(F)(F)O5)c2)no1. The van der Waals surface area contributed by atoms with Crippen molar-refractivity contribution in [2.45, 2.75) is 38.9 Å². The van der Waals surface area contributed by atoms with Gasteiger partial charge in [-0.3, -0.25) is 4.79 Å². The van der Waals surface area contributed by atoms with E-state index in [1.807, 2.05) is 20.8 Å². The van der Waals surface area contributed by atoms with Crippen molar-refractivity contribution >= 4 is 17.4 Å². The molecule has 0 radical (unpaired) electrons. The smallest absolute Gasteiger partial charge is 0.395 e. The summed E-state index contributed by atoms with van der Waals surface area (Å²) in [5.41, 5.74) is 1.82. The molecule has 0 saturated carbocycles. The third-order valence-electron chi connectivity index (χ3n) is 4.92. The van der Waals surface area contributed by atoms with Gasteiger partial charge in [-0.1, -0.05) is 38.1 Å². The number of aliphatic imine (C=N–C) groups is 1. The second kappa shape index (κ2) is 6.84. The first-order valence-electron chi connectivity index (χ1n) is 9.84. The van der Waals surface area contributed by atoms with E-state index in [0.29, 0.717) is 39.9 Å². The van der Waals surface area contributed by atoms with Crippen molar-refractivity contribution in [2.24, 2.45) is 4.99 Å². The molecule has 32 heavy (non-hydrogen) atoms. The molecule has 2 aromatic carbocycles. The molecule has 0 bridgehead atoms. The van der Waals surface area contributed by atoms with E-state index in [2.05, 4.69) is 29.9 Å². The van der Waals surface area contributed by atoms with E-state index in [1.165, 1.54) is 12.1 Å². The van der Waals surface area contributed by atoms with Crippen LogP contribution in [0.3, 0.4) is 0 Å². The van der Waals surface area contributed by atoms with Gasteiger partial charge in [-0.25, -0.2) is 4.99 Å². The maximum Gasteiger partial charge on any atom is 0.586 e. The quantitative estimate of drug-likeness (QED) is 0.635.